The van der Waals surface area contributed by atoms with E-state index in [0.29, 0.717) is 48.3 Å². The van der Waals surface area contributed by atoms with Gasteiger partial charge in [-0.3, -0.25) is 30.3 Å². The van der Waals surface area contributed by atoms with Gasteiger partial charge in [0.15, 0.2) is 5.69 Å². The number of hydrogen-bond donors (Lipinski definition) is 3. The Morgan fingerprint density at radius 1 is 1.00 bits per heavy atom. The maximum atomic E-state index is 13.4. The molecule has 40 heavy (non-hydrogen) atoms. The summed E-state index contributed by atoms with van der Waals surface area (Å²) in [6, 6.07) is 16.8. The molecule has 5 aromatic rings. The second-order valence-corrected chi connectivity index (χ2v) is 10.4. The zero-order valence-corrected chi connectivity index (χ0v) is 22.3. The summed E-state index contributed by atoms with van der Waals surface area (Å²) in [6.45, 7) is 2.86. The highest BCUT2D eigenvalue weighted by Crippen LogP contribution is 2.33. The summed E-state index contributed by atoms with van der Waals surface area (Å²) in [5, 5.41) is 14.1. The molecule has 2 aromatic carbocycles. The van der Waals surface area contributed by atoms with E-state index < -0.39 is 11.8 Å². The number of rotatable bonds is 5. The lowest BCUT2D eigenvalue weighted by Crippen LogP contribution is -2.42. The van der Waals surface area contributed by atoms with Gasteiger partial charge in [0.05, 0.1) is 10.5 Å². The van der Waals surface area contributed by atoms with Crippen molar-refractivity contribution in [2.45, 2.75) is 25.7 Å². The Balaban J connectivity index is 1.06. The predicted molar refractivity (Wildman–Crippen MR) is 148 cm³/mol. The first-order valence-electron chi connectivity index (χ1n) is 12.8. The fourth-order valence-electron chi connectivity index (χ4n) is 4.86. The zero-order valence-electron chi connectivity index (χ0n) is 21.5. The third-order valence-corrected chi connectivity index (χ3v) is 7.99. The van der Waals surface area contributed by atoms with Crippen LogP contribution in [0.1, 0.15) is 60.9 Å². The number of hydrogen-bond acceptors (Lipinski definition) is 8. The number of benzene rings is 2. The van der Waals surface area contributed by atoms with Gasteiger partial charge in [-0.05, 0) is 25.8 Å². The second-order valence-electron chi connectivity index (χ2n) is 9.49. The summed E-state index contributed by atoms with van der Waals surface area (Å²) in [5.41, 5.74) is 7.82. The van der Waals surface area contributed by atoms with Crippen molar-refractivity contribution < 1.29 is 18.9 Å². The molecule has 202 valence electrons. The van der Waals surface area contributed by atoms with Crippen molar-refractivity contribution >= 4 is 40.0 Å². The first kappa shape index (κ1) is 25.4. The van der Waals surface area contributed by atoms with Gasteiger partial charge in [0.2, 0.25) is 0 Å². The van der Waals surface area contributed by atoms with Crippen LogP contribution in [0.2, 0.25) is 0 Å². The zero-order chi connectivity index (χ0) is 27.6. The maximum Gasteiger partial charge on any atom is 0.290 e. The molecular weight excluding hydrogens is 530 g/mol. The topological polar surface area (TPSA) is 146 Å². The van der Waals surface area contributed by atoms with Crippen LogP contribution in [0.3, 0.4) is 0 Å². The minimum atomic E-state index is -0.531. The molecule has 0 unspecified atom stereocenters. The number of fused-ring (bicyclic) bond motifs is 1. The van der Waals surface area contributed by atoms with Gasteiger partial charge in [-0.25, -0.2) is 4.98 Å². The monoisotopic (exact) mass is 555 g/mol. The van der Waals surface area contributed by atoms with Gasteiger partial charge in [-0.1, -0.05) is 53.7 Å². The van der Waals surface area contributed by atoms with Crippen molar-refractivity contribution in [1.29, 1.82) is 0 Å². The van der Waals surface area contributed by atoms with Crippen LogP contribution in [-0.4, -0.2) is 56.0 Å². The number of H-pyrrole nitrogens is 1. The smallest absolute Gasteiger partial charge is 0.290 e. The number of nitrogens with zero attached hydrogens (tertiary/aromatic N) is 4. The van der Waals surface area contributed by atoms with Gasteiger partial charge in [-0.2, -0.15) is 5.10 Å². The number of nitrogens with one attached hydrogen (secondary N) is 3. The van der Waals surface area contributed by atoms with Crippen molar-refractivity contribution in [3.05, 3.63) is 87.7 Å². The number of carbonyl (C=O) groups is 3. The lowest BCUT2D eigenvalue weighted by Gasteiger charge is -2.31. The average molecular weight is 556 g/mol. The second kappa shape index (κ2) is 10.7. The molecule has 4 heterocycles. The summed E-state index contributed by atoms with van der Waals surface area (Å²) < 4.78 is 5.38. The van der Waals surface area contributed by atoms with E-state index in [-0.39, 0.29) is 23.2 Å². The van der Waals surface area contributed by atoms with Crippen LogP contribution in [0.15, 0.2) is 64.5 Å². The summed E-state index contributed by atoms with van der Waals surface area (Å²) in [6.07, 6.45) is 1.43. The molecule has 3 aromatic heterocycles. The molecule has 3 amide bonds. The number of likely N-dealkylation sites (tertiary alicyclic amines) is 1. The molecule has 0 atom stereocenters. The Hall–Kier alpha value is -4.84. The summed E-state index contributed by atoms with van der Waals surface area (Å²) in [4.78, 5) is 44.9. The molecule has 0 bridgehead atoms. The number of piperidine rings is 1. The third-order valence-electron chi connectivity index (χ3n) is 6.98. The van der Waals surface area contributed by atoms with E-state index >= 15 is 0 Å². The highest BCUT2D eigenvalue weighted by Gasteiger charge is 2.31. The predicted octanol–water partition coefficient (Wildman–Crippen LogP) is 4.08. The van der Waals surface area contributed by atoms with Gasteiger partial charge in [-0.15, -0.1) is 11.3 Å². The first-order valence-corrected chi connectivity index (χ1v) is 13.7. The molecule has 1 fully saturated rings. The average Bonchev–Trinajstić information content (AvgIpc) is 3.74. The molecule has 1 aliphatic heterocycles. The van der Waals surface area contributed by atoms with E-state index in [1.165, 1.54) is 11.3 Å². The highest BCUT2D eigenvalue weighted by molar-refractivity contribution is 7.09. The molecule has 0 radical (unpaired) electrons. The number of aryl methyl sites for hydroxylation is 1. The number of aromatic amines is 1. The molecule has 1 saturated heterocycles. The standard InChI is InChI=1S/C28H25N7O4S/c1-16-22(23(34-39-16)17-7-3-2-4-8-17)28(38)35-13-11-18(12-14-35)27-29-21(15-40-27)25(36)32-33-26(37)24-19-9-5-6-10-20(19)30-31-24/h2-10,15,18H,11-14H2,1H3,(H,30,31)(H,32,36)(H,33,37). The normalized spacial score (nSPS) is 13.9. The SMILES string of the molecule is Cc1onc(-c2ccccc2)c1C(=O)N1CCC(c2nc(C(=O)NNC(=O)c3n[nH]c4ccccc34)cs2)CC1. The number of hydrazine groups is 1. The van der Waals surface area contributed by atoms with Crippen LogP contribution in [0.25, 0.3) is 22.2 Å². The van der Waals surface area contributed by atoms with E-state index in [4.69, 9.17) is 4.52 Å². The van der Waals surface area contributed by atoms with Gasteiger partial charge in [0, 0.05) is 35.3 Å². The third kappa shape index (κ3) is 4.84. The fraction of sp³-hybridized carbons (Fsp3) is 0.214. The summed E-state index contributed by atoms with van der Waals surface area (Å²) in [5.74, 6) is -0.529. The minimum absolute atomic E-state index is 0.101. The van der Waals surface area contributed by atoms with Crippen molar-refractivity contribution in [1.82, 2.24) is 36.1 Å². The number of aromatic nitrogens is 4. The molecule has 1 aliphatic rings. The van der Waals surface area contributed by atoms with Gasteiger partial charge in [0.25, 0.3) is 17.7 Å². The van der Waals surface area contributed by atoms with Gasteiger partial charge >= 0.3 is 0 Å². The van der Waals surface area contributed by atoms with Crippen LogP contribution >= 0.6 is 11.3 Å². The summed E-state index contributed by atoms with van der Waals surface area (Å²) in [7, 11) is 0. The van der Waals surface area contributed by atoms with Crippen molar-refractivity contribution in [2.24, 2.45) is 0 Å². The Bertz CT molecular complexity index is 1700. The Morgan fingerprint density at radius 2 is 1.73 bits per heavy atom. The van der Waals surface area contributed by atoms with Crippen molar-refractivity contribution in [3.63, 3.8) is 0 Å². The Kier molecular flexibility index (Phi) is 6.83. The number of carbonyl (C=O) groups excluding carboxylic acids is 3. The number of para-hydroxylation sites is 1. The molecule has 6 rings (SSSR count). The van der Waals surface area contributed by atoms with E-state index in [1.807, 2.05) is 53.4 Å². The molecule has 3 N–H and O–H groups in total. The largest absolute Gasteiger partial charge is 0.360 e. The quantitative estimate of drug-likeness (QED) is 0.277. The minimum Gasteiger partial charge on any atom is -0.360 e. The first-order chi connectivity index (χ1) is 19.5. The Labute approximate surface area is 232 Å². The molecule has 12 heteroatoms. The van der Waals surface area contributed by atoms with Gasteiger partial charge in [0.1, 0.15) is 22.7 Å². The molecule has 0 aliphatic carbocycles. The lowest BCUT2D eigenvalue weighted by atomic mass is 9.96. The number of thiazole rings is 1. The highest BCUT2D eigenvalue weighted by atomic mass is 32.1. The lowest BCUT2D eigenvalue weighted by molar-refractivity contribution is 0.0711. The van der Waals surface area contributed by atoms with Crippen LogP contribution in [0.4, 0.5) is 0 Å². The van der Waals surface area contributed by atoms with E-state index in [0.717, 1.165) is 16.1 Å². The molecular formula is C28H25N7O4S. The van der Waals surface area contributed by atoms with Crippen LogP contribution in [-0.2, 0) is 0 Å². The molecule has 11 nitrogen and oxygen atoms in total. The van der Waals surface area contributed by atoms with Crippen LogP contribution in [0, 0.1) is 6.92 Å². The van der Waals surface area contributed by atoms with Gasteiger partial charge < -0.3 is 9.42 Å². The van der Waals surface area contributed by atoms with Crippen LogP contribution in [0.5, 0.6) is 0 Å². The molecule has 0 spiro atoms. The van der Waals surface area contributed by atoms with Crippen molar-refractivity contribution in [3.8, 4) is 11.3 Å². The van der Waals surface area contributed by atoms with Crippen LogP contribution < -0.4 is 10.9 Å². The fourth-order valence-corrected chi connectivity index (χ4v) is 5.83. The van der Waals surface area contributed by atoms with E-state index in [2.05, 4.69) is 31.2 Å². The van der Waals surface area contributed by atoms with Crippen molar-refractivity contribution in [2.75, 3.05) is 13.1 Å². The van der Waals surface area contributed by atoms with E-state index in [9.17, 15) is 14.4 Å². The maximum absolute atomic E-state index is 13.4. The summed E-state index contributed by atoms with van der Waals surface area (Å²) >= 11 is 1.40. The number of amides is 3. The van der Waals surface area contributed by atoms with E-state index in [1.54, 1.807) is 18.4 Å². The molecule has 0 saturated carbocycles. The Morgan fingerprint density at radius 3 is 2.52 bits per heavy atom.